The number of aryl methyl sites for hydroxylation is 1. The molecule has 1 saturated heterocycles. The molecule has 0 bridgehead atoms. The van der Waals surface area contributed by atoms with Crippen molar-refractivity contribution in [2.24, 2.45) is 12.9 Å². The van der Waals surface area contributed by atoms with E-state index in [4.69, 9.17) is 10.6 Å². The topological polar surface area (TPSA) is 78.0 Å². The Labute approximate surface area is 101 Å². The van der Waals surface area contributed by atoms with Gasteiger partial charge >= 0.3 is 0 Å². The van der Waals surface area contributed by atoms with Crippen LogP contribution in [-0.2, 0) is 18.2 Å². The van der Waals surface area contributed by atoms with E-state index in [9.17, 15) is 0 Å². The third-order valence-electron chi connectivity index (χ3n) is 3.50. The van der Waals surface area contributed by atoms with Crippen molar-refractivity contribution < 1.29 is 4.74 Å². The number of aromatic nitrogens is 3. The fourth-order valence-electron chi connectivity index (χ4n) is 2.38. The summed E-state index contributed by atoms with van der Waals surface area (Å²) in [7, 11) is 1.86. The number of hydrazine groups is 1. The van der Waals surface area contributed by atoms with E-state index in [2.05, 4.69) is 22.7 Å². The summed E-state index contributed by atoms with van der Waals surface area (Å²) in [5, 5.41) is 8.02. The molecule has 0 aromatic carbocycles. The second-order valence-electron chi connectivity index (χ2n) is 4.93. The van der Waals surface area contributed by atoms with Gasteiger partial charge in [0.15, 0.2) is 0 Å². The van der Waals surface area contributed by atoms with Crippen molar-refractivity contribution in [3.8, 4) is 0 Å². The minimum atomic E-state index is -0.204. The maximum Gasteiger partial charge on any atom is 0.0844 e. The number of nitrogens with one attached hydrogen (secondary N) is 1. The van der Waals surface area contributed by atoms with Crippen molar-refractivity contribution in [3.05, 3.63) is 11.9 Å². The molecule has 2 heterocycles. The Hall–Kier alpha value is -0.980. The number of hydrogen-bond donors (Lipinski definition) is 2. The van der Waals surface area contributed by atoms with Crippen LogP contribution in [0.5, 0.6) is 0 Å². The molecule has 6 nitrogen and oxygen atoms in total. The minimum Gasteiger partial charge on any atom is -0.374 e. The van der Waals surface area contributed by atoms with Crippen LogP contribution in [0.2, 0.25) is 0 Å². The highest BCUT2D eigenvalue weighted by Gasteiger charge is 2.36. The standard InChI is InChI=1S/C11H21N5O/c1-11(5-3-4-6-17-11)10(13-12)7-9-8-16(2)15-14-9/h8,10,13H,3-7,12H2,1-2H3. The lowest BCUT2D eigenvalue weighted by Crippen LogP contribution is -2.55. The van der Waals surface area contributed by atoms with Crippen molar-refractivity contribution in [2.75, 3.05) is 6.61 Å². The Morgan fingerprint density at radius 1 is 1.65 bits per heavy atom. The van der Waals surface area contributed by atoms with Gasteiger partial charge in [0.25, 0.3) is 0 Å². The van der Waals surface area contributed by atoms with Crippen molar-refractivity contribution in [3.63, 3.8) is 0 Å². The minimum absolute atomic E-state index is 0.0690. The summed E-state index contributed by atoms with van der Waals surface area (Å²) in [6.07, 6.45) is 6.01. The van der Waals surface area contributed by atoms with Crippen molar-refractivity contribution in [1.29, 1.82) is 0 Å². The summed E-state index contributed by atoms with van der Waals surface area (Å²) in [6, 6.07) is 0.0690. The van der Waals surface area contributed by atoms with Gasteiger partial charge in [-0.25, -0.2) is 0 Å². The van der Waals surface area contributed by atoms with E-state index >= 15 is 0 Å². The largest absolute Gasteiger partial charge is 0.374 e. The molecule has 1 aromatic heterocycles. The molecule has 1 fully saturated rings. The second kappa shape index (κ2) is 5.12. The predicted molar refractivity (Wildman–Crippen MR) is 64.0 cm³/mol. The molecule has 0 saturated carbocycles. The van der Waals surface area contributed by atoms with Crippen LogP contribution in [0.25, 0.3) is 0 Å². The normalized spacial score (nSPS) is 27.0. The lowest BCUT2D eigenvalue weighted by atomic mass is 9.86. The van der Waals surface area contributed by atoms with Crippen molar-refractivity contribution in [2.45, 2.75) is 44.2 Å². The molecule has 0 aliphatic carbocycles. The monoisotopic (exact) mass is 239 g/mol. The summed E-state index contributed by atoms with van der Waals surface area (Å²) >= 11 is 0. The summed E-state index contributed by atoms with van der Waals surface area (Å²) in [6.45, 7) is 2.93. The number of ether oxygens (including phenoxy) is 1. The van der Waals surface area contributed by atoms with Gasteiger partial charge in [0, 0.05) is 26.3 Å². The van der Waals surface area contributed by atoms with Gasteiger partial charge in [-0.3, -0.25) is 16.0 Å². The second-order valence-corrected chi connectivity index (χ2v) is 4.93. The molecule has 17 heavy (non-hydrogen) atoms. The van der Waals surface area contributed by atoms with E-state index in [0.29, 0.717) is 0 Å². The zero-order chi connectivity index (χ0) is 12.3. The fourth-order valence-corrected chi connectivity index (χ4v) is 2.38. The third kappa shape index (κ3) is 2.83. The van der Waals surface area contributed by atoms with Crippen LogP contribution in [0, 0.1) is 0 Å². The number of rotatable bonds is 4. The molecule has 2 atom stereocenters. The van der Waals surface area contributed by atoms with Crippen LogP contribution >= 0.6 is 0 Å². The van der Waals surface area contributed by atoms with Gasteiger partial charge in [-0.1, -0.05) is 5.21 Å². The van der Waals surface area contributed by atoms with Crippen molar-refractivity contribution in [1.82, 2.24) is 20.4 Å². The summed E-state index contributed by atoms with van der Waals surface area (Å²) < 4.78 is 7.60. The van der Waals surface area contributed by atoms with Crippen LogP contribution < -0.4 is 11.3 Å². The maximum absolute atomic E-state index is 5.90. The molecule has 2 unspecified atom stereocenters. The predicted octanol–water partition coefficient (Wildman–Crippen LogP) is 0.149. The lowest BCUT2D eigenvalue weighted by molar-refractivity contribution is -0.0886. The first kappa shape index (κ1) is 12.5. The van der Waals surface area contributed by atoms with Gasteiger partial charge in [-0.2, -0.15) is 0 Å². The highest BCUT2D eigenvalue weighted by molar-refractivity contribution is 5.01. The first-order valence-corrected chi connectivity index (χ1v) is 6.09. The maximum atomic E-state index is 5.90. The van der Waals surface area contributed by atoms with Crippen LogP contribution in [0.1, 0.15) is 31.9 Å². The Morgan fingerprint density at radius 2 is 2.47 bits per heavy atom. The summed E-state index contributed by atoms with van der Waals surface area (Å²) in [4.78, 5) is 0. The van der Waals surface area contributed by atoms with E-state index in [1.807, 2.05) is 13.2 Å². The molecule has 3 N–H and O–H groups in total. The van der Waals surface area contributed by atoms with Crippen LogP contribution in [-0.4, -0.2) is 33.2 Å². The number of nitrogens with two attached hydrogens (primary N) is 1. The van der Waals surface area contributed by atoms with Crippen molar-refractivity contribution >= 4 is 0 Å². The first-order chi connectivity index (χ1) is 8.14. The van der Waals surface area contributed by atoms with Gasteiger partial charge in [0.1, 0.15) is 0 Å². The molecule has 1 aliphatic rings. The molecule has 1 aliphatic heterocycles. The van der Waals surface area contributed by atoms with Gasteiger partial charge in [-0.15, -0.1) is 5.10 Å². The Morgan fingerprint density at radius 3 is 3.00 bits per heavy atom. The lowest BCUT2D eigenvalue weighted by Gasteiger charge is -2.40. The smallest absolute Gasteiger partial charge is 0.0844 e. The third-order valence-corrected chi connectivity index (χ3v) is 3.50. The highest BCUT2D eigenvalue weighted by Crippen LogP contribution is 2.28. The molecular formula is C11H21N5O. The van der Waals surface area contributed by atoms with E-state index in [0.717, 1.165) is 31.6 Å². The average Bonchev–Trinajstić information content (AvgIpc) is 2.72. The van der Waals surface area contributed by atoms with E-state index in [1.165, 1.54) is 6.42 Å². The number of hydrogen-bond acceptors (Lipinski definition) is 5. The summed E-state index contributed by atoms with van der Waals surface area (Å²) in [5.41, 5.74) is 3.60. The molecule has 0 radical (unpaired) electrons. The van der Waals surface area contributed by atoms with Gasteiger partial charge in [-0.05, 0) is 26.2 Å². The highest BCUT2D eigenvalue weighted by atomic mass is 16.5. The zero-order valence-electron chi connectivity index (χ0n) is 10.5. The van der Waals surface area contributed by atoms with Gasteiger partial charge < -0.3 is 4.74 Å². The first-order valence-electron chi connectivity index (χ1n) is 6.09. The SMILES string of the molecule is Cn1cc(CC(NN)C2(C)CCCCO2)nn1. The van der Waals surface area contributed by atoms with Gasteiger partial charge in [0.2, 0.25) is 0 Å². The molecule has 0 spiro atoms. The molecule has 0 amide bonds. The number of nitrogens with zero attached hydrogens (tertiary/aromatic N) is 3. The molecule has 1 aromatic rings. The van der Waals surface area contributed by atoms with Crippen LogP contribution in [0.3, 0.4) is 0 Å². The molecule has 96 valence electrons. The quantitative estimate of drug-likeness (QED) is 0.577. The molecule has 6 heteroatoms. The van der Waals surface area contributed by atoms with Crippen LogP contribution in [0.15, 0.2) is 6.20 Å². The average molecular weight is 239 g/mol. The van der Waals surface area contributed by atoms with Gasteiger partial charge in [0.05, 0.1) is 17.3 Å². The van der Waals surface area contributed by atoms with Crippen LogP contribution in [0.4, 0.5) is 0 Å². The molecular weight excluding hydrogens is 218 g/mol. The Balaban J connectivity index is 2.05. The van der Waals surface area contributed by atoms with E-state index < -0.39 is 0 Å². The molecule has 2 rings (SSSR count). The summed E-state index contributed by atoms with van der Waals surface area (Å²) in [5.74, 6) is 5.66. The Kier molecular flexibility index (Phi) is 3.76. The van der Waals surface area contributed by atoms with E-state index in [-0.39, 0.29) is 11.6 Å². The fraction of sp³-hybridized carbons (Fsp3) is 0.818. The zero-order valence-corrected chi connectivity index (χ0v) is 10.5. The Bertz CT molecular complexity index is 358. The van der Waals surface area contributed by atoms with E-state index in [1.54, 1.807) is 4.68 Å².